The lowest BCUT2D eigenvalue weighted by Crippen LogP contribution is -2.09. The van der Waals surface area contributed by atoms with E-state index in [9.17, 15) is 4.39 Å². The predicted molar refractivity (Wildman–Crippen MR) is 55.6 cm³/mol. The van der Waals surface area contributed by atoms with Gasteiger partial charge in [-0.1, -0.05) is 26.0 Å². The van der Waals surface area contributed by atoms with E-state index in [0.29, 0.717) is 12.7 Å². The Hall–Kier alpha value is -0.890. The first-order valence-corrected chi connectivity index (χ1v) is 5.12. The van der Waals surface area contributed by atoms with Crippen LogP contribution in [0.15, 0.2) is 24.3 Å². The zero-order chi connectivity index (χ0) is 10.4. The maximum atomic E-state index is 12.6. The van der Waals surface area contributed by atoms with Gasteiger partial charge in [0.15, 0.2) is 0 Å². The van der Waals surface area contributed by atoms with Gasteiger partial charge in [-0.2, -0.15) is 0 Å². The Morgan fingerprint density at radius 2 is 1.71 bits per heavy atom. The summed E-state index contributed by atoms with van der Waals surface area (Å²) in [5, 5.41) is 0. The number of hydrogen-bond acceptors (Lipinski definition) is 1. The van der Waals surface area contributed by atoms with Crippen molar-refractivity contribution in [1.29, 1.82) is 0 Å². The Morgan fingerprint density at radius 3 is 2.21 bits per heavy atom. The van der Waals surface area contributed by atoms with Crippen LogP contribution < -0.4 is 0 Å². The maximum Gasteiger partial charge on any atom is 0.123 e. The third-order valence-electron chi connectivity index (χ3n) is 2.31. The van der Waals surface area contributed by atoms with E-state index in [1.165, 1.54) is 12.1 Å². The van der Waals surface area contributed by atoms with Crippen molar-refractivity contribution in [2.45, 2.75) is 39.4 Å². The van der Waals surface area contributed by atoms with Crippen LogP contribution in [0, 0.1) is 5.82 Å². The number of hydrogen-bond donors (Lipinski definition) is 0. The van der Waals surface area contributed by atoms with Gasteiger partial charge in [-0.15, -0.1) is 0 Å². The van der Waals surface area contributed by atoms with Gasteiger partial charge in [0.1, 0.15) is 5.82 Å². The molecule has 0 saturated carbocycles. The van der Waals surface area contributed by atoms with Crippen LogP contribution >= 0.6 is 0 Å². The fourth-order valence-corrected chi connectivity index (χ4v) is 1.32. The predicted octanol–water partition coefficient (Wildman–Crippen LogP) is 3.53. The average molecular weight is 196 g/mol. The fraction of sp³-hybridized carbons (Fsp3) is 0.500. The van der Waals surface area contributed by atoms with Gasteiger partial charge in [0.05, 0.1) is 12.7 Å². The molecule has 0 aromatic heterocycles. The summed E-state index contributed by atoms with van der Waals surface area (Å²) in [6.45, 7) is 4.80. The van der Waals surface area contributed by atoms with Gasteiger partial charge in [0, 0.05) is 0 Å². The van der Waals surface area contributed by atoms with Crippen LogP contribution in [0.25, 0.3) is 0 Å². The van der Waals surface area contributed by atoms with E-state index in [0.717, 1.165) is 18.4 Å². The van der Waals surface area contributed by atoms with E-state index in [1.807, 2.05) is 0 Å². The Balaban J connectivity index is 2.41. The molecule has 0 spiro atoms. The quantitative estimate of drug-likeness (QED) is 0.700. The lowest BCUT2D eigenvalue weighted by atomic mass is 10.2. The van der Waals surface area contributed by atoms with Crippen LogP contribution in [-0.4, -0.2) is 6.10 Å². The van der Waals surface area contributed by atoms with Gasteiger partial charge in [0.2, 0.25) is 0 Å². The standard InChI is InChI=1S/C12H17FO/c1-3-12(4-2)14-9-10-5-7-11(13)8-6-10/h5-8,12H,3-4,9H2,1-2H3. The zero-order valence-electron chi connectivity index (χ0n) is 8.79. The summed E-state index contributed by atoms with van der Waals surface area (Å²) in [4.78, 5) is 0. The second-order valence-corrected chi connectivity index (χ2v) is 3.38. The molecule has 0 aliphatic heterocycles. The lowest BCUT2D eigenvalue weighted by Gasteiger charge is -2.13. The zero-order valence-corrected chi connectivity index (χ0v) is 8.79. The van der Waals surface area contributed by atoms with E-state index in [1.54, 1.807) is 12.1 Å². The summed E-state index contributed by atoms with van der Waals surface area (Å²) >= 11 is 0. The van der Waals surface area contributed by atoms with Gasteiger partial charge < -0.3 is 4.74 Å². The molecule has 78 valence electrons. The normalized spacial score (nSPS) is 10.9. The van der Waals surface area contributed by atoms with Crippen LogP contribution in [0.4, 0.5) is 4.39 Å². The maximum absolute atomic E-state index is 12.6. The van der Waals surface area contributed by atoms with Crippen molar-refractivity contribution in [3.05, 3.63) is 35.6 Å². The van der Waals surface area contributed by atoms with Crippen molar-refractivity contribution in [2.24, 2.45) is 0 Å². The van der Waals surface area contributed by atoms with Crippen LogP contribution in [0.1, 0.15) is 32.3 Å². The molecule has 1 rings (SSSR count). The van der Waals surface area contributed by atoms with Gasteiger partial charge in [0.25, 0.3) is 0 Å². The minimum Gasteiger partial charge on any atom is -0.374 e. The molecule has 2 heteroatoms. The molecule has 0 aliphatic rings. The third kappa shape index (κ3) is 3.46. The van der Waals surface area contributed by atoms with Crippen molar-refractivity contribution in [3.8, 4) is 0 Å². The van der Waals surface area contributed by atoms with E-state index in [4.69, 9.17) is 4.74 Å². The molecular weight excluding hydrogens is 179 g/mol. The second kappa shape index (κ2) is 5.76. The monoisotopic (exact) mass is 196 g/mol. The molecule has 1 nitrogen and oxygen atoms in total. The van der Waals surface area contributed by atoms with E-state index in [-0.39, 0.29) is 5.82 Å². The van der Waals surface area contributed by atoms with Crippen LogP contribution in [0.3, 0.4) is 0 Å². The summed E-state index contributed by atoms with van der Waals surface area (Å²) in [5.74, 6) is -0.198. The highest BCUT2D eigenvalue weighted by atomic mass is 19.1. The van der Waals surface area contributed by atoms with Crippen molar-refractivity contribution < 1.29 is 9.13 Å². The lowest BCUT2D eigenvalue weighted by molar-refractivity contribution is 0.0358. The molecule has 0 saturated heterocycles. The molecule has 0 fully saturated rings. The summed E-state index contributed by atoms with van der Waals surface area (Å²) in [6.07, 6.45) is 2.37. The van der Waals surface area contributed by atoms with Gasteiger partial charge in [-0.25, -0.2) is 4.39 Å². The second-order valence-electron chi connectivity index (χ2n) is 3.38. The van der Waals surface area contributed by atoms with Crippen molar-refractivity contribution in [2.75, 3.05) is 0 Å². The first-order chi connectivity index (χ1) is 6.76. The van der Waals surface area contributed by atoms with Gasteiger partial charge in [-0.05, 0) is 30.5 Å². The van der Waals surface area contributed by atoms with Crippen molar-refractivity contribution >= 4 is 0 Å². The van der Waals surface area contributed by atoms with Gasteiger partial charge in [-0.3, -0.25) is 0 Å². The Labute approximate surface area is 84.9 Å². The molecular formula is C12H17FO. The average Bonchev–Trinajstić information content (AvgIpc) is 2.22. The first kappa shape index (κ1) is 11.2. The summed E-state index contributed by atoms with van der Waals surface area (Å²) in [7, 11) is 0. The Kier molecular flexibility index (Phi) is 4.60. The molecule has 0 bridgehead atoms. The summed E-state index contributed by atoms with van der Waals surface area (Å²) in [6, 6.07) is 6.45. The number of halogens is 1. The molecule has 0 heterocycles. The molecule has 0 radical (unpaired) electrons. The topological polar surface area (TPSA) is 9.23 Å². The minimum absolute atomic E-state index is 0.198. The molecule has 0 aliphatic carbocycles. The molecule has 1 aromatic carbocycles. The first-order valence-electron chi connectivity index (χ1n) is 5.12. The smallest absolute Gasteiger partial charge is 0.123 e. The molecule has 0 N–H and O–H groups in total. The van der Waals surface area contributed by atoms with Crippen molar-refractivity contribution in [1.82, 2.24) is 0 Å². The minimum atomic E-state index is -0.198. The largest absolute Gasteiger partial charge is 0.374 e. The number of rotatable bonds is 5. The molecule has 0 atom stereocenters. The molecule has 14 heavy (non-hydrogen) atoms. The molecule has 0 unspecified atom stereocenters. The Morgan fingerprint density at radius 1 is 1.14 bits per heavy atom. The van der Waals surface area contributed by atoms with E-state index < -0.39 is 0 Å². The highest BCUT2D eigenvalue weighted by Crippen LogP contribution is 2.09. The van der Waals surface area contributed by atoms with E-state index in [2.05, 4.69) is 13.8 Å². The van der Waals surface area contributed by atoms with Gasteiger partial charge >= 0.3 is 0 Å². The third-order valence-corrected chi connectivity index (χ3v) is 2.31. The Bertz CT molecular complexity index is 252. The van der Waals surface area contributed by atoms with Crippen LogP contribution in [-0.2, 0) is 11.3 Å². The van der Waals surface area contributed by atoms with Crippen molar-refractivity contribution in [3.63, 3.8) is 0 Å². The summed E-state index contributed by atoms with van der Waals surface area (Å²) in [5.41, 5.74) is 1.03. The highest BCUT2D eigenvalue weighted by Gasteiger charge is 2.03. The molecule has 1 aromatic rings. The van der Waals surface area contributed by atoms with Crippen LogP contribution in [0.2, 0.25) is 0 Å². The SMILES string of the molecule is CCC(CC)OCc1ccc(F)cc1. The van der Waals surface area contributed by atoms with E-state index >= 15 is 0 Å². The fourth-order valence-electron chi connectivity index (χ4n) is 1.32. The summed E-state index contributed by atoms with van der Waals surface area (Å²) < 4.78 is 18.2. The molecule has 0 amide bonds. The number of benzene rings is 1. The highest BCUT2D eigenvalue weighted by molar-refractivity contribution is 5.14. The van der Waals surface area contributed by atoms with Crippen LogP contribution in [0.5, 0.6) is 0 Å². The number of ether oxygens (including phenoxy) is 1.